The minimum absolute atomic E-state index is 0.0348. The fourth-order valence-corrected chi connectivity index (χ4v) is 2.99. The van der Waals surface area contributed by atoms with Crippen molar-refractivity contribution in [3.05, 3.63) is 72.1 Å². The van der Waals surface area contributed by atoms with E-state index < -0.39 is 0 Å². The number of nitrogens with zero attached hydrogens (tertiary/aromatic N) is 3. The zero-order valence-electron chi connectivity index (χ0n) is 12.1. The molecule has 0 saturated carbocycles. The van der Waals surface area contributed by atoms with Crippen molar-refractivity contribution in [3.63, 3.8) is 0 Å². The van der Waals surface area contributed by atoms with Crippen molar-refractivity contribution in [2.24, 2.45) is 0 Å². The average molecular weight is 290 g/mol. The zero-order valence-corrected chi connectivity index (χ0v) is 12.1. The van der Waals surface area contributed by atoms with Crippen LogP contribution in [0.5, 0.6) is 0 Å². The van der Waals surface area contributed by atoms with Crippen LogP contribution in [0.4, 0.5) is 0 Å². The quantitative estimate of drug-likeness (QED) is 0.741. The molecule has 0 bridgehead atoms. The molecule has 4 rings (SSSR count). The molecule has 1 aromatic heterocycles. The molecule has 2 aromatic carbocycles. The van der Waals surface area contributed by atoms with Crippen LogP contribution in [-0.4, -0.2) is 16.7 Å². The fourth-order valence-electron chi connectivity index (χ4n) is 2.99. The van der Waals surface area contributed by atoms with Crippen LogP contribution in [0, 0.1) is 0 Å². The van der Waals surface area contributed by atoms with Crippen LogP contribution in [0.3, 0.4) is 0 Å². The molecule has 4 nitrogen and oxygen atoms in total. The Kier molecular flexibility index (Phi) is 3.45. The third-order valence-electron chi connectivity index (χ3n) is 4.09. The van der Waals surface area contributed by atoms with Gasteiger partial charge in [-0.25, -0.2) is 5.32 Å². The highest BCUT2D eigenvalue weighted by atomic mass is 16.4. The highest BCUT2D eigenvalue weighted by Crippen LogP contribution is 2.38. The van der Waals surface area contributed by atoms with Gasteiger partial charge in [-0.05, 0) is 24.1 Å². The van der Waals surface area contributed by atoms with E-state index in [1.165, 1.54) is 5.56 Å². The maximum absolute atomic E-state index is 5.89. The van der Waals surface area contributed by atoms with Crippen LogP contribution in [0.25, 0.3) is 11.5 Å². The molecule has 22 heavy (non-hydrogen) atoms. The van der Waals surface area contributed by atoms with Crippen LogP contribution in [0.15, 0.2) is 65.1 Å². The molecule has 1 fully saturated rings. The molecular formula is C18H16N3O. The van der Waals surface area contributed by atoms with E-state index in [0.29, 0.717) is 17.7 Å². The first-order chi connectivity index (χ1) is 10.9. The lowest BCUT2D eigenvalue weighted by Crippen LogP contribution is -2.11. The van der Waals surface area contributed by atoms with Gasteiger partial charge in [0.05, 0.1) is 0 Å². The van der Waals surface area contributed by atoms with Crippen molar-refractivity contribution in [1.82, 2.24) is 15.5 Å². The van der Waals surface area contributed by atoms with Crippen molar-refractivity contribution in [1.29, 1.82) is 0 Å². The molecule has 1 saturated heterocycles. The second-order valence-electron chi connectivity index (χ2n) is 5.47. The topological polar surface area (TPSA) is 53.0 Å². The van der Waals surface area contributed by atoms with E-state index in [2.05, 4.69) is 39.8 Å². The Morgan fingerprint density at radius 2 is 1.59 bits per heavy atom. The highest BCUT2D eigenvalue weighted by molar-refractivity contribution is 5.51. The number of hydrogen-bond donors (Lipinski definition) is 0. The van der Waals surface area contributed by atoms with E-state index in [0.717, 1.165) is 18.5 Å². The highest BCUT2D eigenvalue weighted by Gasteiger charge is 2.34. The van der Waals surface area contributed by atoms with Gasteiger partial charge >= 0.3 is 0 Å². The third kappa shape index (κ3) is 2.42. The van der Waals surface area contributed by atoms with Gasteiger partial charge in [0.25, 0.3) is 0 Å². The molecule has 1 aliphatic rings. The molecule has 2 atom stereocenters. The zero-order chi connectivity index (χ0) is 14.8. The Labute approximate surface area is 129 Å². The van der Waals surface area contributed by atoms with Gasteiger partial charge in [0, 0.05) is 18.0 Å². The van der Waals surface area contributed by atoms with Gasteiger partial charge in [-0.15, -0.1) is 10.2 Å². The summed E-state index contributed by atoms with van der Waals surface area (Å²) in [5, 5.41) is 13.1. The van der Waals surface area contributed by atoms with Crippen molar-refractivity contribution in [2.45, 2.75) is 18.4 Å². The van der Waals surface area contributed by atoms with Gasteiger partial charge in [0.2, 0.25) is 11.8 Å². The molecule has 2 heterocycles. The standard InChI is InChI=1S/C18H16N3O/c1-3-7-13(8-4-1)15-11-12-19-16(15)18-21-20-17(22-18)14-9-5-2-6-10-14/h1-10,15-16H,11-12H2. The summed E-state index contributed by atoms with van der Waals surface area (Å²) in [6.07, 6.45) is 1.03. The summed E-state index contributed by atoms with van der Waals surface area (Å²) in [5.41, 5.74) is 2.23. The van der Waals surface area contributed by atoms with Gasteiger partial charge in [0.1, 0.15) is 6.04 Å². The summed E-state index contributed by atoms with van der Waals surface area (Å²) in [6.45, 7) is 0.841. The van der Waals surface area contributed by atoms with E-state index in [1.807, 2.05) is 36.4 Å². The Hall–Kier alpha value is -2.46. The predicted octanol–water partition coefficient (Wildman–Crippen LogP) is 3.57. The summed E-state index contributed by atoms with van der Waals surface area (Å²) < 4.78 is 5.89. The SMILES string of the molecule is c1ccc(-c2nnc(C3[N]CCC3c3ccccc3)o2)cc1. The average Bonchev–Trinajstić information content (AvgIpc) is 3.25. The molecule has 2 unspecified atom stereocenters. The van der Waals surface area contributed by atoms with Crippen LogP contribution >= 0.6 is 0 Å². The molecular weight excluding hydrogens is 274 g/mol. The molecule has 4 heteroatoms. The largest absolute Gasteiger partial charge is 0.419 e. The maximum Gasteiger partial charge on any atom is 0.247 e. The van der Waals surface area contributed by atoms with Gasteiger partial charge < -0.3 is 4.42 Å². The van der Waals surface area contributed by atoms with Crippen LogP contribution < -0.4 is 5.32 Å². The van der Waals surface area contributed by atoms with E-state index in [1.54, 1.807) is 0 Å². The molecule has 0 amide bonds. The summed E-state index contributed by atoms with van der Waals surface area (Å²) in [4.78, 5) is 0. The number of hydrogen-bond acceptors (Lipinski definition) is 3. The normalized spacial score (nSPS) is 21.1. The second kappa shape index (κ2) is 5.73. The Balaban J connectivity index is 1.63. The molecule has 1 radical (unpaired) electrons. The summed E-state index contributed by atoms with van der Waals surface area (Å²) in [7, 11) is 0. The van der Waals surface area contributed by atoms with Gasteiger partial charge in [-0.3, -0.25) is 0 Å². The Bertz CT molecular complexity index is 739. The van der Waals surface area contributed by atoms with Crippen molar-refractivity contribution in [3.8, 4) is 11.5 Å². The second-order valence-corrected chi connectivity index (χ2v) is 5.47. The van der Waals surface area contributed by atoms with Crippen LogP contribution in [0.1, 0.15) is 29.8 Å². The van der Waals surface area contributed by atoms with Crippen molar-refractivity contribution < 1.29 is 4.42 Å². The fraction of sp³-hybridized carbons (Fsp3) is 0.222. The number of benzene rings is 2. The minimum atomic E-state index is -0.0348. The lowest BCUT2D eigenvalue weighted by molar-refractivity contribution is 0.411. The first-order valence-electron chi connectivity index (χ1n) is 7.52. The van der Waals surface area contributed by atoms with Crippen molar-refractivity contribution >= 4 is 0 Å². The monoisotopic (exact) mass is 290 g/mol. The van der Waals surface area contributed by atoms with E-state index >= 15 is 0 Å². The van der Waals surface area contributed by atoms with Gasteiger partial charge in [-0.1, -0.05) is 48.5 Å². The van der Waals surface area contributed by atoms with Crippen LogP contribution in [0.2, 0.25) is 0 Å². The lowest BCUT2D eigenvalue weighted by atomic mass is 9.92. The van der Waals surface area contributed by atoms with Crippen LogP contribution in [-0.2, 0) is 0 Å². The minimum Gasteiger partial charge on any atom is -0.419 e. The van der Waals surface area contributed by atoms with E-state index in [-0.39, 0.29) is 6.04 Å². The Morgan fingerprint density at radius 1 is 0.864 bits per heavy atom. The summed E-state index contributed by atoms with van der Waals surface area (Å²) in [5.74, 6) is 1.50. The molecule has 1 aliphatic heterocycles. The van der Waals surface area contributed by atoms with Gasteiger partial charge in [-0.2, -0.15) is 0 Å². The first-order valence-corrected chi connectivity index (χ1v) is 7.52. The molecule has 3 aromatic rings. The maximum atomic E-state index is 5.89. The van der Waals surface area contributed by atoms with Crippen molar-refractivity contribution in [2.75, 3.05) is 6.54 Å². The van der Waals surface area contributed by atoms with Gasteiger partial charge in [0.15, 0.2) is 0 Å². The molecule has 0 spiro atoms. The molecule has 0 N–H and O–H groups in total. The molecule has 109 valence electrons. The predicted molar refractivity (Wildman–Crippen MR) is 83.3 cm³/mol. The summed E-state index contributed by atoms with van der Waals surface area (Å²) >= 11 is 0. The van der Waals surface area contributed by atoms with E-state index in [4.69, 9.17) is 4.42 Å². The first kappa shape index (κ1) is 13.2. The smallest absolute Gasteiger partial charge is 0.247 e. The summed E-state index contributed by atoms with van der Waals surface area (Å²) in [6, 6.07) is 20.3. The third-order valence-corrected chi connectivity index (χ3v) is 4.09. The Morgan fingerprint density at radius 3 is 2.36 bits per heavy atom. The molecule has 0 aliphatic carbocycles. The lowest BCUT2D eigenvalue weighted by Gasteiger charge is -2.15. The van der Waals surface area contributed by atoms with E-state index in [9.17, 15) is 0 Å². The number of aromatic nitrogens is 2. The number of rotatable bonds is 3.